The van der Waals surface area contributed by atoms with Crippen molar-refractivity contribution in [3.8, 4) is 11.5 Å². The summed E-state index contributed by atoms with van der Waals surface area (Å²) >= 11 is 9.91. The number of aryl methyl sites for hydroxylation is 1. The number of fused-ring (bicyclic) bond motifs is 1. The molecular weight excluding hydrogens is 550 g/mol. The molecular formula is C26H29BrClN3O5. The molecule has 0 amide bonds. The Morgan fingerprint density at radius 1 is 1.22 bits per heavy atom. The monoisotopic (exact) mass is 577 g/mol. The Bertz CT molecular complexity index is 1330. The summed E-state index contributed by atoms with van der Waals surface area (Å²) in [5.74, 6) is 0.652. The van der Waals surface area contributed by atoms with Gasteiger partial charge in [0.05, 0.1) is 35.4 Å². The number of nitrogens with zero attached hydrogens (tertiary/aromatic N) is 3. The molecule has 2 aromatic carbocycles. The molecule has 0 bridgehead atoms. The molecule has 0 N–H and O–H groups in total. The first-order valence-corrected chi connectivity index (χ1v) is 13.0. The van der Waals surface area contributed by atoms with Crippen molar-refractivity contribution >= 4 is 50.6 Å². The lowest BCUT2D eigenvalue weighted by molar-refractivity contribution is -0.150. The second kappa shape index (κ2) is 12.9. The number of benzene rings is 2. The molecule has 0 saturated carbocycles. The third kappa shape index (κ3) is 6.64. The topological polar surface area (TPSA) is 92.0 Å². The Balaban J connectivity index is 2.02. The van der Waals surface area contributed by atoms with Crippen LogP contribution in [0.25, 0.3) is 10.9 Å². The standard InChI is InChI=1S/C26H29BrClN3O5/c1-5-8-9-23-30-21-11-10-18(27)14-19(21)25(32)31(23)29-15-17-12-20(28)24(22(13-17)34-6-2)36-16(4)26(33)35-7-3/h10-16H,5-9H2,1-4H3/t16-/m0/s1. The zero-order valence-corrected chi connectivity index (χ0v) is 23.1. The highest BCUT2D eigenvalue weighted by Gasteiger charge is 2.21. The quantitative estimate of drug-likeness (QED) is 0.212. The van der Waals surface area contributed by atoms with E-state index in [4.69, 9.17) is 25.8 Å². The summed E-state index contributed by atoms with van der Waals surface area (Å²) in [7, 11) is 0. The maximum absolute atomic E-state index is 13.3. The summed E-state index contributed by atoms with van der Waals surface area (Å²) in [5, 5.41) is 5.16. The molecule has 0 unspecified atom stereocenters. The number of rotatable bonds is 11. The third-order valence-electron chi connectivity index (χ3n) is 5.20. The van der Waals surface area contributed by atoms with Gasteiger partial charge < -0.3 is 14.2 Å². The highest BCUT2D eigenvalue weighted by Crippen LogP contribution is 2.37. The van der Waals surface area contributed by atoms with Crippen LogP contribution >= 0.6 is 27.5 Å². The molecule has 8 nitrogen and oxygen atoms in total. The summed E-state index contributed by atoms with van der Waals surface area (Å²) in [5.41, 5.74) is 0.949. The van der Waals surface area contributed by atoms with Crippen LogP contribution in [0, 0.1) is 0 Å². The number of carbonyl (C=O) groups is 1. The first kappa shape index (κ1) is 27.7. The van der Waals surface area contributed by atoms with Crippen LogP contribution in [-0.4, -0.2) is 41.2 Å². The van der Waals surface area contributed by atoms with Gasteiger partial charge in [0.25, 0.3) is 5.56 Å². The van der Waals surface area contributed by atoms with E-state index >= 15 is 0 Å². The van der Waals surface area contributed by atoms with Gasteiger partial charge in [-0.2, -0.15) is 9.78 Å². The lowest BCUT2D eigenvalue weighted by atomic mass is 10.2. The van der Waals surface area contributed by atoms with Crippen molar-refractivity contribution in [1.29, 1.82) is 0 Å². The van der Waals surface area contributed by atoms with E-state index in [-0.39, 0.29) is 22.9 Å². The average Bonchev–Trinajstić information content (AvgIpc) is 2.85. The summed E-state index contributed by atoms with van der Waals surface area (Å²) in [6.45, 7) is 7.80. The largest absolute Gasteiger partial charge is 0.490 e. The zero-order chi connectivity index (χ0) is 26.2. The van der Waals surface area contributed by atoms with Crippen molar-refractivity contribution in [2.75, 3.05) is 13.2 Å². The molecule has 0 aliphatic carbocycles. The van der Waals surface area contributed by atoms with E-state index in [1.165, 1.54) is 10.9 Å². The van der Waals surface area contributed by atoms with Crippen LogP contribution in [-0.2, 0) is 16.0 Å². The van der Waals surface area contributed by atoms with Crippen molar-refractivity contribution < 1.29 is 19.0 Å². The molecule has 3 rings (SSSR count). The van der Waals surface area contributed by atoms with Gasteiger partial charge in [0, 0.05) is 10.9 Å². The number of aromatic nitrogens is 2. The van der Waals surface area contributed by atoms with Gasteiger partial charge in [0.15, 0.2) is 17.6 Å². The van der Waals surface area contributed by atoms with E-state index in [0.717, 1.165) is 17.3 Å². The first-order chi connectivity index (χ1) is 17.3. The summed E-state index contributed by atoms with van der Waals surface area (Å²) in [4.78, 5) is 30.0. The van der Waals surface area contributed by atoms with E-state index < -0.39 is 12.1 Å². The number of hydrogen-bond donors (Lipinski definition) is 0. The Hall–Kier alpha value is -2.91. The lowest BCUT2D eigenvalue weighted by Gasteiger charge is -2.18. The summed E-state index contributed by atoms with van der Waals surface area (Å²) < 4.78 is 18.6. The molecule has 0 aliphatic heterocycles. The maximum Gasteiger partial charge on any atom is 0.347 e. The smallest absolute Gasteiger partial charge is 0.347 e. The highest BCUT2D eigenvalue weighted by atomic mass is 79.9. The van der Waals surface area contributed by atoms with Crippen molar-refractivity contribution in [2.45, 2.75) is 53.1 Å². The van der Waals surface area contributed by atoms with E-state index in [2.05, 4.69) is 32.9 Å². The Morgan fingerprint density at radius 3 is 2.69 bits per heavy atom. The fourth-order valence-corrected chi connectivity index (χ4v) is 4.08. The van der Waals surface area contributed by atoms with Gasteiger partial charge in [-0.05, 0) is 63.1 Å². The predicted octanol–water partition coefficient (Wildman–Crippen LogP) is 5.77. The van der Waals surface area contributed by atoms with Crippen LogP contribution in [0.3, 0.4) is 0 Å². The van der Waals surface area contributed by atoms with Gasteiger partial charge in [0.1, 0.15) is 5.82 Å². The van der Waals surface area contributed by atoms with Crippen molar-refractivity contribution in [3.05, 3.63) is 61.6 Å². The van der Waals surface area contributed by atoms with E-state index in [0.29, 0.717) is 41.1 Å². The molecule has 1 heterocycles. The van der Waals surface area contributed by atoms with Crippen LogP contribution in [0.5, 0.6) is 11.5 Å². The van der Waals surface area contributed by atoms with Crippen LogP contribution < -0.4 is 15.0 Å². The van der Waals surface area contributed by atoms with E-state index in [1.807, 2.05) is 19.1 Å². The third-order valence-corrected chi connectivity index (χ3v) is 5.97. The lowest BCUT2D eigenvalue weighted by Crippen LogP contribution is -2.26. The van der Waals surface area contributed by atoms with Gasteiger partial charge in [0.2, 0.25) is 0 Å². The maximum atomic E-state index is 13.3. The second-order valence-corrected chi connectivity index (χ2v) is 9.25. The first-order valence-electron chi connectivity index (χ1n) is 11.8. The van der Waals surface area contributed by atoms with Crippen LogP contribution in [0.1, 0.15) is 51.9 Å². The van der Waals surface area contributed by atoms with Gasteiger partial charge in [-0.1, -0.05) is 40.9 Å². The number of esters is 1. The number of unbranched alkanes of at least 4 members (excludes halogenated alkanes) is 1. The fraction of sp³-hybridized carbons (Fsp3) is 0.385. The molecule has 3 aromatic rings. The number of ether oxygens (including phenoxy) is 3. The number of carbonyl (C=O) groups excluding carboxylic acids is 1. The van der Waals surface area contributed by atoms with Gasteiger partial charge in [-0.25, -0.2) is 9.78 Å². The summed E-state index contributed by atoms with van der Waals surface area (Å²) in [6.07, 6.45) is 3.09. The minimum Gasteiger partial charge on any atom is -0.490 e. The minimum absolute atomic E-state index is 0.231. The van der Waals surface area contributed by atoms with E-state index in [9.17, 15) is 9.59 Å². The van der Waals surface area contributed by atoms with Crippen molar-refractivity contribution in [3.63, 3.8) is 0 Å². The van der Waals surface area contributed by atoms with Crippen molar-refractivity contribution in [1.82, 2.24) is 9.66 Å². The molecule has 0 spiro atoms. The normalized spacial score (nSPS) is 12.2. The van der Waals surface area contributed by atoms with Crippen LogP contribution in [0.2, 0.25) is 5.02 Å². The summed E-state index contributed by atoms with van der Waals surface area (Å²) in [6, 6.07) is 8.72. The van der Waals surface area contributed by atoms with Crippen molar-refractivity contribution in [2.24, 2.45) is 5.10 Å². The Labute approximate surface area is 223 Å². The van der Waals surface area contributed by atoms with E-state index in [1.54, 1.807) is 32.0 Å². The Kier molecular flexibility index (Phi) is 9.89. The highest BCUT2D eigenvalue weighted by molar-refractivity contribution is 9.10. The fourth-order valence-electron chi connectivity index (χ4n) is 3.46. The average molecular weight is 579 g/mol. The molecule has 0 fully saturated rings. The molecule has 0 radical (unpaired) electrons. The molecule has 0 aliphatic rings. The van der Waals surface area contributed by atoms with Crippen LogP contribution in [0.15, 0.2) is 44.7 Å². The van der Waals surface area contributed by atoms with Gasteiger partial charge in [-0.3, -0.25) is 4.79 Å². The molecule has 36 heavy (non-hydrogen) atoms. The Morgan fingerprint density at radius 2 is 2.00 bits per heavy atom. The SMILES string of the molecule is CCCCc1nc2ccc(Br)cc2c(=O)n1N=Cc1cc(Cl)c(O[C@@H](C)C(=O)OCC)c(OCC)c1. The molecule has 1 aromatic heterocycles. The molecule has 0 saturated heterocycles. The van der Waals surface area contributed by atoms with Crippen LogP contribution in [0.4, 0.5) is 0 Å². The number of halogens is 2. The molecule has 192 valence electrons. The van der Waals surface area contributed by atoms with Gasteiger partial charge >= 0.3 is 5.97 Å². The zero-order valence-electron chi connectivity index (χ0n) is 20.7. The molecule has 1 atom stereocenters. The minimum atomic E-state index is -0.871. The molecule has 10 heteroatoms. The second-order valence-electron chi connectivity index (χ2n) is 7.93. The predicted molar refractivity (Wildman–Crippen MR) is 145 cm³/mol. The number of hydrogen-bond acceptors (Lipinski definition) is 7. The van der Waals surface area contributed by atoms with Gasteiger partial charge in [-0.15, -0.1) is 0 Å².